The Kier molecular flexibility index (Phi) is 3.78. The van der Waals surface area contributed by atoms with Crippen LogP contribution >= 0.6 is 0 Å². The van der Waals surface area contributed by atoms with E-state index in [-0.39, 0.29) is 11.6 Å². The van der Waals surface area contributed by atoms with Gasteiger partial charge in [-0.3, -0.25) is 24.5 Å². The maximum atomic E-state index is 13.0. The SMILES string of the molecule is CN1O[C@H]2C(=O)N(c3ccccc3)C(=O)[C@H]2[C@@H]1c1ccc([N+](=O)[O-])cc1. The van der Waals surface area contributed by atoms with Gasteiger partial charge < -0.3 is 0 Å². The topological polar surface area (TPSA) is 93.0 Å². The maximum Gasteiger partial charge on any atom is 0.269 e. The fraction of sp³-hybridized carbons (Fsp3) is 0.222. The van der Waals surface area contributed by atoms with Crippen LogP contribution in [0.25, 0.3) is 0 Å². The molecule has 26 heavy (non-hydrogen) atoms. The Bertz CT molecular complexity index is 883. The number of rotatable bonds is 3. The predicted molar refractivity (Wildman–Crippen MR) is 90.9 cm³/mol. The van der Waals surface area contributed by atoms with Gasteiger partial charge in [-0.25, -0.2) is 4.90 Å². The summed E-state index contributed by atoms with van der Waals surface area (Å²) in [5.74, 6) is -1.43. The zero-order chi connectivity index (χ0) is 18.4. The van der Waals surface area contributed by atoms with Gasteiger partial charge in [0, 0.05) is 19.2 Å². The van der Waals surface area contributed by atoms with E-state index in [9.17, 15) is 19.7 Å². The third-order valence-corrected chi connectivity index (χ3v) is 4.77. The number of benzene rings is 2. The van der Waals surface area contributed by atoms with Crippen LogP contribution in [0.1, 0.15) is 11.6 Å². The monoisotopic (exact) mass is 353 g/mol. The van der Waals surface area contributed by atoms with Crippen molar-refractivity contribution in [3.05, 3.63) is 70.3 Å². The van der Waals surface area contributed by atoms with E-state index in [1.165, 1.54) is 17.2 Å². The molecule has 0 bridgehead atoms. The highest BCUT2D eigenvalue weighted by Gasteiger charge is 2.59. The molecular formula is C18H15N3O5. The Hall–Kier alpha value is -3.10. The fourth-order valence-electron chi connectivity index (χ4n) is 3.59. The molecule has 2 amide bonds. The molecule has 2 aliphatic rings. The van der Waals surface area contributed by atoms with Crippen molar-refractivity contribution in [2.45, 2.75) is 12.1 Å². The van der Waals surface area contributed by atoms with Crippen molar-refractivity contribution in [2.75, 3.05) is 11.9 Å². The maximum absolute atomic E-state index is 13.0. The predicted octanol–water partition coefficient (Wildman–Crippen LogP) is 2.07. The molecule has 0 saturated carbocycles. The molecule has 0 N–H and O–H groups in total. The van der Waals surface area contributed by atoms with Gasteiger partial charge in [-0.2, -0.15) is 5.06 Å². The molecule has 0 unspecified atom stereocenters. The van der Waals surface area contributed by atoms with Crippen LogP contribution in [-0.2, 0) is 14.4 Å². The molecule has 2 aromatic carbocycles. The first-order chi connectivity index (χ1) is 12.5. The number of para-hydroxylation sites is 1. The summed E-state index contributed by atoms with van der Waals surface area (Å²) in [5, 5.41) is 12.3. The van der Waals surface area contributed by atoms with Crippen molar-refractivity contribution < 1.29 is 19.3 Å². The summed E-state index contributed by atoms with van der Waals surface area (Å²) in [6, 6.07) is 14.2. The van der Waals surface area contributed by atoms with Crippen molar-refractivity contribution in [1.29, 1.82) is 0 Å². The van der Waals surface area contributed by atoms with Gasteiger partial charge in [0.15, 0.2) is 6.10 Å². The molecule has 0 aliphatic carbocycles. The number of hydroxylamine groups is 2. The minimum absolute atomic E-state index is 0.0356. The van der Waals surface area contributed by atoms with Gasteiger partial charge in [-0.05, 0) is 17.7 Å². The summed E-state index contributed by atoms with van der Waals surface area (Å²) in [5.41, 5.74) is 1.15. The molecular weight excluding hydrogens is 338 g/mol. The smallest absolute Gasteiger partial charge is 0.269 e. The molecule has 132 valence electrons. The number of hydrogen-bond donors (Lipinski definition) is 0. The number of non-ortho nitro benzene ring substituents is 1. The number of amides is 2. The highest BCUT2D eigenvalue weighted by molar-refractivity contribution is 6.23. The van der Waals surface area contributed by atoms with E-state index in [4.69, 9.17) is 4.84 Å². The van der Waals surface area contributed by atoms with E-state index in [0.29, 0.717) is 11.3 Å². The van der Waals surface area contributed by atoms with Crippen LogP contribution in [0.4, 0.5) is 11.4 Å². The molecule has 2 fully saturated rings. The van der Waals surface area contributed by atoms with Crippen LogP contribution in [0.15, 0.2) is 54.6 Å². The Labute approximate surface area is 148 Å². The van der Waals surface area contributed by atoms with E-state index in [1.807, 2.05) is 0 Å². The minimum Gasteiger partial charge on any atom is -0.284 e. The Morgan fingerprint density at radius 1 is 1.00 bits per heavy atom. The van der Waals surface area contributed by atoms with Crippen LogP contribution < -0.4 is 4.90 Å². The van der Waals surface area contributed by atoms with Gasteiger partial charge in [0.05, 0.1) is 22.6 Å². The zero-order valence-electron chi connectivity index (χ0n) is 13.8. The Balaban J connectivity index is 1.69. The quantitative estimate of drug-likeness (QED) is 0.476. The lowest BCUT2D eigenvalue weighted by Gasteiger charge is -2.24. The van der Waals surface area contributed by atoms with Crippen molar-refractivity contribution in [1.82, 2.24) is 5.06 Å². The van der Waals surface area contributed by atoms with Crippen molar-refractivity contribution in [2.24, 2.45) is 5.92 Å². The molecule has 2 aromatic rings. The van der Waals surface area contributed by atoms with E-state index < -0.39 is 28.9 Å². The lowest BCUT2D eigenvalue weighted by atomic mass is 9.91. The Morgan fingerprint density at radius 3 is 2.27 bits per heavy atom. The lowest BCUT2D eigenvalue weighted by molar-refractivity contribution is -0.384. The number of nitro benzene ring substituents is 1. The fourth-order valence-corrected chi connectivity index (χ4v) is 3.59. The number of nitro groups is 1. The molecule has 0 spiro atoms. The summed E-state index contributed by atoms with van der Waals surface area (Å²) in [7, 11) is 1.65. The number of imide groups is 1. The Morgan fingerprint density at radius 2 is 1.65 bits per heavy atom. The number of carbonyl (C=O) groups is 2. The lowest BCUT2D eigenvalue weighted by Crippen LogP contribution is -2.36. The number of hydrogen-bond acceptors (Lipinski definition) is 6. The van der Waals surface area contributed by atoms with Gasteiger partial charge in [0.2, 0.25) is 5.91 Å². The van der Waals surface area contributed by atoms with E-state index in [1.54, 1.807) is 49.5 Å². The summed E-state index contributed by atoms with van der Waals surface area (Å²) in [6.45, 7) is 0. The summed E-state index contributed by atoms with van der Waals surface area (Å²) < 4.78 is 0. The summed E-state index contributed by atoms with van der Waals surface area (Å²) in [4.78, 5) is 42.9. The van der Waals surface area contributed by atoms with Crippen molar-refractivity contribution in [3.8, 4) is 0 Å². The molecule has 2 aliphatic heterocycles. The zero-order valence-corrected chi connectivity index (χ0v) is 13.8. The number of fused-ring (bicyclic) bond motifs is 1. The molecule has 2 saturated heterocycles. The normalized spacial score (nSPS) is 25.6. The average Bonchev–Trinajstić information content (AvgIpc) is 3.10. The highest BCUT2D eigenvalue weighted by atomic mass is 16.7. The van der Waals surface area contributed by atoms with Gasteiger partial charge in [-0.15, -0.1) is 0 Å². The molecule has 8 nitrogen and oxygen atoms in total. The molecule has 2 heterocycles. The third-order valence-electron chi connectivity index (χ3n) is 4.77. The summed E-state index contributed by atoms with van der Waals surface area (Å²) in [6.07, 6.45) is -0.895. The highest BCUT2D eigenvalue weighted by Crippen LogP contribution is 2.44. The summed E-state index contributed by atoms with van der Waals surface area (Å²) >= 11 is 0. The van der Waals surface area contributed by atoms with Crippen LogP contribution in [0.2, 0.25) is 0 Å². The van der Waals surface area contributed by atoms with Crippen LogP contribution in [0.3, 0.4) is 0 Å². The van der Waals surface area contributed by atoms with Crippen LogP contribution in [0, 0.1) is 16.0 Å². The van der Waals surface area contributed by atoms with Gasteiger partial charge in [0.1, 0.15) is 0 Å². The van der Waals surface area contributed by atoms with Crippen molar-refractivity contribution in [3.63, 3.8) is 0 Å². The number of anilines is 1. The van der Waals surface area contributed by atoms with Crippen LogP contribution in [0.5, 0.6) is 0 Å². The number of nitrogens with zero attached hydrogens (tertiary/aromatic N) is 3. The second-order valence-corrected chi connectivity index (χ2v) is 6.24. The molecule has 0 radical (unpaired) electrons. The van der Waals surface area contributed by atoms with E-state index >= 15 is 0 Å². The van der Waals surface area contributed by atoms with Gasteiger partial charge >= 0.3 is 0 Å². The molecule has 8 heteroatoms. The standard InChI is InChI=1S/C18H15N3O5/c1-19-15(11-7-9-13(10-8-11)21(24)25)14-16(26-19)18(23)20(17(14)22)12-5-3-2-4-6-12/h2-10,14-16H,1H3/t14-,15-,16+/m0/s1. The van der Waals surface area contributed by atoms with E-state index in [0.717, 1.165) is 4.90 Å². The average molecular weight is 353 g/mol. The first-order valence-electron chi connectivity index (χ1n) is 8.06. The molecule has 3 atom stereocenters. The number of carbonyl (C=O) groups excluding carboxylic acids is 2. The first kappa shape index (κ1) is 16.4. The van der Waals surface area contributed by atoms with E-state index in [2.05, 4.69) is 0 Å². The molecule has 4 rings (SSSR count). The second-order valence-electron chi connectivity index (χ2n) is 6.24. The van der Waals surface area contributed by atoms with Crippen molar-refractivity contribution >= 4 is 23.2 Å². The minimum atomic E-state index is -0.895. The largest absolute Gasteiger partial charge is 0.284 e. The molecule has 0 aromatic heterocycles. The van der Waals surface area contributed by atoms with Gasteiger partial charge in [0.25, 0.3) is 11.6 Å². The third kappa shape index (κ3) is 2.39. The second kappa shape index (κ2) is 6.01. The van der Waals surface area contributed by atoms with Crippen LogP contribution in [-0.4, -0.2) is 35.0 Å². The van der Waals surface area contributed by atoms with Gasteiger partial charge in [-0.1, -0.05) is 30.3 Å². The first-order valence-corrected chi connectivity index (χ1v) is 8.06.